The molecule has 1 saturated carbocycles. The van der Waals surface area contributed by atoms with Gasteiger partial charge in [-0.25, -0.2) is 8.78 Å². The van der Waals surface area contributed by atoms with Crippen LogP contribution in [-0.4, -0.2) is 19.0 Å². The summed E-state index contributed by atoms with van der Waals surface area (Å²) in [5.74, 6) is 0.00347. The van der Waals surface area contributed by atoms with Gasteiger partial charge in [0.25, 0.3) is 0 Å². The van der Waals surface area contributed by atoms with Crippen molar-refractivity contribution in [3.8, 4) is 0 Å². The third-order valence-corrected chi connectivity index (χ3v) is 2.38. The number of rotatable bonds is 1. The highest BCUT2D eigenvalue weighted by atomic mass is 19.3. The summed E-state index contributed by atoms with van der Waals surface area (Å²) < 4.78 is 23.8. The molecule has 0 radical (unpaired) electrons. The molecule has 1 aliphatic carbocycles. The summed E-state index contributed by atoms with van der Waals surface area (Å²) >= 11 is 0. The summed E-state index contributed by atoms with van der Waals surface area (Å²) in [6.45, 7) is 0.943. The van der Waals surface area contributed by atoms with Crippen LogP contribution in [0.4, 0.5) is 8.78 Å². The van der Waals surface area contributed by atoms with Crippen LogP contribution in [0.15, 0.2) is 0 Å². The first kappa shape index (κ1) is 5.59. The maximum Gasteiger partial charge on any atom is 0.243 e. The minimum Gasteiger partial charge on any atom is -0.313 e. The fourth-order valence-electron chi connectivity index (χ4n) is 1.82. The van der Waals surface area contributed by atoms with Crippen LogP contribution in [0, 0.1) is 11.8 Å². The van der Waals surface area contributed by atoms with Gasteiger partial charge < -0.3 is 5.32 Å². The van der Waals surface area contributed by atoms with E-state index >= 15 is 0 Å². The van der Waals surface area contributed by atoms with Crippen molar-refractivity contribution in [2.75, 3.05) is 6.54 Å². The Labute approximate surface area is 52.4 Å². The molecule has 1 heterocycles. The van der Waals surface area contributed by atoms with Gasteiger partial charge in [0.15, 0.2) is 0 Å². The zero-order valence-corrected chi connectivity index (χ0v) is 4.98. The van der Waals surface area contributed by atoms with Crippen LogP contribution in [0.1, 0.15) is 6.42 Å². The molecule has 2 aliphatic rings. The molecule has 2 fully saturated rings. The largest absolute Gasteiger partial charge is 0.313 e. The molecule has 9 heavy (non-hydrogen) atoms. The number of halogens is 2. The van der Waals surface area contributed by atoms with Crippen LogP contribution >= 0.6 is 0 Å². The lowest BCUT2D eigenvalue weighted by Crippen LogP contribution is -2.18. The summed E-state index contributed by atoms with van der Waals surface area (Å²) in [5.41, 5.74) is 0. The molecule has 0 aromatic rings. The molecule has 0 spiro atoms. The SMILES string of the molecule is FC(F)C1C2CCNC21. The number of fused-ring (bicyclic) bond motifs is 1. The van der Waals surface area contributed by atoms with E-state index in [1.54, 1.807) is 0 Å². The molecule has 52 valence electrons. The van der Waals surface area contributed by atoms with Crippen molar-refractivity contribution in [1.29, 1.82) is 0 Å². The monoisotopic (exact) mass is 133 g/mol. The van der Waals surface area contributed by atoms with Gasteiger partial charge in [-0.05, 0) is 18.9 Å². The average molecular weight is 133 g/mol. The van der Waals surface area contributed by atoms with Crippen molar-refractivity contribution in [3.05, 3.63) is 0 Å². The topological polar surface area (TPSA) is 12.0 Å². The van der Waals surface area contributed by atoms with Gasteiger partial charge in [-0.3, -0.25) is 0 Å². The zero-order valence-electron chi connectivity index (χ0n) is 4.98. The van der Waals surface area contributed by atoms with Crippen molar-refractivity contribution in [3.63, 3.8) is 0 Å². The van der Waals surface area contributed by atoms with Crippen LogP contribution in [0.5, 0.6) is 0 Å². The van der Waals surface area contributed by atoms with Crippen molar-refractivity contribution in [2.24, 2.45) is 11.8 Å². The number of piperidine rings is 1. The van der Waals surface area contributed by atoms with Crippen molar-refractivity contribution in [1.82, 2.24) is 5.32 Å². The van der Waals surface area contributed by atoms with E-state index in [-0.39, 0.29) is 12.0 Å². The van der Waals surface area contributed by atoms with Gasteiger partial charge in [-0.15, -0.1) is 0 Å². The molecule has 0 aromatic heterocycles. The summed E-state index contributed by atoms with van der Waals surface area (Å²) in [6, 6.07) is 0.171. The predicted octanol–water partition coefficient (Wildman–Crippen LogP) is 0.859. The Morgan fingerprint density at radius 2 is 2.22 bits per heavy atom. The third kappa shape index (κ3) is 0.674. The molecule has 1 N–H and O–H groups in total. The quantitative estimate of drug-likeness (QED) is 0.559. The second-order valence-electron chi connectivity index (χ2n) is 2.84. The number of hydrogen-bond donors (Lipinski definition) is 1. The highest BCUT2D eigenvalue weighted by Gasteiger charge is 2.57. The molecule has 0 amide bonds. The molecule has 1 nitrogen and oxygen atoms in total. The summed E-state index contributed by atoms with van der Waals surface area (Å²) in [5, 5.41) is 3.04. The maximum absolute atomic E-state index is 11.9. The van der Waals surface area contributed by atoms with E-state index in [4.69, 9.17) is 0 Å². The van der Waals surface area contributed by atoms with Crippen molar-refractivity contribution in [2.45, 2.75) is 18.9 Å². The minimum atomic E-state index is -2.09. The first-order valence-corrected chi connectivity index (χ1v) is 3.32. The molecular formula is C6H9F2N. The van der Waals surface area contributed by atoms with Gasteiger partial charge in [0.2, 0.25) is 6.43 Å². The Balaban J connectivity index is 1.94. The van der Waals surface area contributed by atoms with Gasteiger partial charge in [0, 0.05) is 12.0 Å². The van der Waals surface area contributed by atoms with Crippen LogP contribution in [0.3, 0.4) is 0 Å². The molecule has 3 heteroatoms. The van der Waals surface area contributed by atoms with E-state index in [2.05, 4.69) is 5.32 Å². The van der Waals surface area contributed by atoms with E-state index in [0.29, 0.717) is 5.92 Å². The predicted molar refractivity (Wildman–Crippen MR) is 29.4 cm³/mol. The smallest absolute Gasteiger partial charge is 0.243 e. The van der Waals surface area contributed by atoms with E-state index in [1.165, 1.54) is 0 Å². The average Bonchev–Trinajstić information content (AvgIpc) is 2.30. The summed E-state index contributed by atoms with van der Waals surface area (Å²) in [6.07, 6.45) is -1.13. The lowest BCUT2D eigenvalue weighted by Gasteiger charge is -2.00. The van der Waals surface area contributed by atoms with Crippen molar-refractivity contribution < 1.29 is 8.78 Å². The minimum absolute atomic E-state index is 0.171. The van der Waals surface area contributed by atoms with E-state index in [1.807, 2.05) is 0 Å². The molecule has 0 bridgehead atoms. The second kappa shape index (κ2) is 1.66. The Kier molecular flexibility index (Phi) is 1.03. The summed E-state index contributed by atoms with van der Waals surface area (Å²) in [7, 11) is 0. The molecule has 1 saturated heterocycles. The zero-order chi connectivity index (χ0) is 6.43. The Morgan fingerprint density at radius 3 is 2.56 bits per heavy atom. The molecule has 3 unspecified atom stereocenters. The molecule has 0 aromatic carbocycles. The second-order valence-corrected chi connectivity index (χ2v) is 2.84. The third-order valence-electron chi connectivity index (χ3n) is 2.38. The van der Waals surface area contributed by atoms with Crippen LogP contribution in [0.25, 0.3) is 0 Å². The van der Waals surface area contributed by atoms with Gasteiger partial charge >= 0.3 is 0 Å². The van der Waals surface area contributed by atoms with Crippen LogP contribution < -0.4 is 5.32 Å². The first-order chi connectivity index (χ1) is 4.30. The van der Waals surface area contributed by atoms with Crippen molar-refractivity contribution >= 4 is 0 Å². The van der Waals surface area contributed by atoms with E-state index in [9.17, 15) is 8.78 Å². The van der Waals surface area contributed by atoms with Crippen LogP contribution in [-0.2, 0) is 0 Å². The standard InChI is InChI=1S/C6H9F2N/c7-6(8)4-3-1-2-9-5(3)4/h3-6,9H,1-2H2. The summed E-state index contributed by atoms with van der Waals surface area (Å²) in [4.78, 5) is 0. The van der Waals surface area contributed by atoms with Gasteiger partial charge in [0.05, 0.1) is 0 Å². The normalized spacial score (nSPS) is 47.7. The Hall–Kier alpha value is -0.180. The number of hydrogen-bond acceptors (Lipinski definition) is 1. The van der Waals surface area contributed by atoms with Gasteiger partial charge in [-0.2, -0.15) is 0 Å². The number of nitrogens with one attached hydrogen (secondary N) is 1. The van der Waals surface area contributed by atoms with Crippen LogP contribution in [0.2, 0.25) is 0 Å². The highest BCUT2D eigenvalue weighted by Crippen LogP contribution is 2.48. The van der Waals surface area contributed by atoms with E-state index < -0.39 is 6.43 Å². The lowest BCUT2D eigenvalue weighted by molar-refractivity contribution is 0.109. The van der Waals surface area contributed by atoms with E-state index in [0.717, 1.165) is 13.0 Å². The Bertz CT molecular complexity index is 116. The fourth-order valence-corrected chi connectivity index (χ4v) is 1.82. The molecule has 2 rings (SSSR count). The fraction of sp³-hybridized carbons (Fsp3) is 1.00. The Morgan fingerprint density at radius 1 is 1.44 bits per heavy atom. The molecule has 3 atom stereocenters. The molecular weight excluding hydrogens is 124 g/mol. The maximum atomic E-state index is 11.9. The lowest BCUT2D eigenvalue weighted by atomic mass is 10.2. The van der Waals surface area contributed by atoms with Gasteiger partial charge in [-0.1, -0.05) is 0 Å². The highest BCUT2D eigenvalue weighted by molar-refractivity contribution is 5.08. The number of alkyl halides is 2. The first-order valence-electron chi connectivity index (χ1n) is 3.32. The molecule has 1 aliphatic heterocycles. The van der Waals surface area contributed by atoms with Gasteiger partial charge in [0.1, 0.15) is 0 Å².